The maximum Gasteiger partial charge on any atom is 0.119 e. The summed E-state index contributed by atoms with van der Waals surface area (Å²) in [6.45, 7) is 5.34. The lowest BCUT2D eigenvalue weighted by atomic mass is 9.99. The van der Waals surface area contributed by atoms with Gasteiger partial charge in [-0.1, -0.05) is 26.0 Å². The van der Waals surface area contributed by atoms with E-state index in [2.05, 4.69) is 38.1 Å². The molecule has 3 unspecified atom stereocenters. The molecule has 1 heterocycles. The first-order chi connectivity index (χ1) is 8.76. The van der Waals surface area contributed by atoms with Gasteiger partial charge in [0.2, 0.25) is 0 Å². The van der Waals surface area contributed by atoms with Gasteiger partial charge in [-0.3, -0.25) is 0 Å². The standard InChI is InChI=1S/C16H22O2/c1-3-11(2)13-4-6-14(7-5-13)17-10-12-8-15-16(9-12)18-15/h4-7,11-12,15-16H,3,8-10H2,1-2H3. The molecular weight excluding hydrogens is 224 g/mol. The predicted molar refractivity (Wildman–Crippen MR) is 72.0 cm³/mol. The number of epoxide rings is 1. The third kappa shape index (κ3) is 2.54. The largest absolute Gasteiger partial charge is 0.493 e. The minimum Gasteiger partial charge on any atom is -0.493 e. The summed E-state index contributed by atoms with van der Waals surface area (Å²) in [5, 5.41) is 0. The Kier molecular flexibility index (Phi) is 3.29. The molecule has 0 N–H and O–H groups in total. The van der Waals surface area contributed by atoms with Gasteiger partial charge in [-0.25, -0.2) is 0 Å². The van der Waals surface area contributed by atoms with Crippen LogP contribution in [0.4, 0.5) is 0 Å². The van der Waals surface area contributed by atoms with E-state index in [1.54, 1.807) is 0 Å². The first-order valence-corrected chi connectivity index (χ1v) is 7.14. The molecule has 1 aliphatic carbocycles. The highest BCUT2D eigenvalue weighted by Gasteiger charge is 2.47. The molecule has 1 aromatic carbocycles. The molecule has 2 nitrogen and oxygen atoms in total. The summed E-state index contributed by atoms with van der Waals surface area (Å²) in [5.41, 5.74) is 1.40. The van der Waals surface area contributed by atoms with E-state index in [1.165, 1.54) is 24.8 Å². The van der Waals surface area contributed by atoms with Gasteiger partial charge in [0.15, 0.2) is 0 Å². The van der Waals surface area contributed by atoms with Gasteiger partial charge >= 0.3 is 0 Å². The predicted octanol–water partition coefficient (Wildman–Crippen LogP) is 3.76. The highest BCUT2D eigenvalue weighted by atomic mass is 16.6. The molecule has 3 rings (SSSR count). The van der Waals surface area contributed by atoms with E-state index < -0.39 is 0 Å². The van der Waals surface area contributed by atoms with Gasteiger partial charge in [-0.05, 0) is 48.8 Å². The van der Waals surface area contributed by atoms with Gasteiger partial charge in [-0.15, -0.1) is 0 Å². The van der Waals surface area contributed by atoms with Crippen LogP contribution in [0.5, 0.6) is 5.75 Å². The summed E-state index contributed by atoms with van der Waals surface area (Å²) in [6, 6.07) is 8.60. The highest BCUT2D eigenvalue weighted by Crippen LogP contribution is 2.42. The van der Waals surface area contributed by atoms with Crippen LogP contribution in [0.25, 0.3) is 0 Å². The van der Waals surface area contributed by atoms with Crippen LogP contribution in [0.2, 0.25) is 0 Å². The van der Waals surface area contributed by atoms with E-state index >= 15 is 0 Å². The maximum atomic E-state index is 5.87. The lowest BCUT2D eigenvalue weighted by Gasteiger charge is -2.14. The molecule has 3 atom stereocenters. The van der Waals surface area contributed by atoms with E-state index in [4.69, 9.17) is 9.47 Å². The zero-order chi connectivity index (χ0) is 12.5. The molecule has 0 aromatic heterocycles. The molecule has 1 aromatic rings. The first-order valence-electron chi connectivity index (χ1n) is 7.14. The van der Waals surface area contributed by atoms with E-state index in [-0.39, 0.29) is 0 Å². The molecule has 0 spiro atoms. The molecular formula is C16H22O2. The third-order valence-corrected chi connectivity index (χ3v) is 4.37. The average molecular weight is 246 g/mol. The van der Waals surface area contributed by atoms with Crippen molar-refractivity contribution in [2.45, 2.75) is 51.2 Å². The second-order valence-electron chi connectivity index (χ2n) is 5.74. The van der Waals surface area contributed by atoms with Crippen LogP contribution in [-0.4, -0.2) is 18.8 Å². The Hall–Kier alpha value is -1.02. The molecule has 2 heteroatoms. The first kappa shape index (κ1) is 12.0. The number of hydrogen-bond donors (Lipinski definition) is 0. The monoisotopic (exact) mass is 246 g/mol. The smallest absolute Gasteiger partial charge is 0.119 e. The summed E-state index contributed by atoms with van der Waals surface area (Å²) >= 11 is 0. The Morgan fingerprint density at radius 3 is 2.50 bits per heavy atom. The van der Waals surface area contributed by atoms with Crippen molar-refractivity contribution >= 4 is 0 Å². The zero-order valence-corrected chi connectivity index (χ0v) is 11.3. The molecule has 1 saturated carbocycles. The molecule has 0 amide bonds. The van der Waals surface area contributed by atoms with Crippen LogP contribution in [-0.2, 0) is 4.74 Å². The Morgan fingerprint density at radius 1 is 1.22 bits per heavy atom. The number of hydrogen-bond acceptors (Lipinski definition) is 2. The number of rotatable bonds is 5. The molecule has 2 fully saturated rings. The summed E-state index contributed by atoms with van der Waals surface area (Å²) < 4.78 is 11.3. The quantitative estimate of drug-likeness (QED) is 0.738. The molecule has 98 valence electrons. The third-order valence-electron chi connectivity index (χ3n) is 4.37. The van der Waals surface area contributed by atoms with E-state index in [1.807, 2.05) is 0 Å². The van der Waals surface area contributed by atoms with Crippen LogP contribution >= 0.6 is 0 Å². The van der Waals surface area contributed by atoms with Crippen molar-refractivity contribution in [2.75, 3.05) is 6.61 Å². The SMILES string of the molecule is CCC(C)c1ccc(OCC2CC3OC3C2)cc1. The van der Waals surface area contributed by atoms with Gasteiger partial charge in [-0.2, -0.15) is 0 Å². The van der Waals surface area contributed by atoms with Gasteiger partial charge in [0.25, 0.3) is 0 Å². The summed E-state index contributed by atoms with van der Waals surface area (Å²) in [6.07, 6.45) is 4.69. The average Bonchev–Trinajstić information content (AvgIpc) is 3.03. The Morgan fingerprint density at radius 2 is 1.89 bits per heavy atom. The number of ether oxygens (including phenoxy) is 2. The van der Waals surface area contributed by atoms with Crippen LogP contribution in [0.1, 0.15) is 44.6 Å². The minimum atomic E-state index is 0.561. The molecule has 0 bridgehead atoms. The van der Waals surface area contributed by atoms with E-state index in [0.717, 1.165) is 12.4 Å². The van der Waals surface area contributed by atoms with Gasteiger partial charge in [0, 0.05) is 0 Å². The van der Waals surface area contributed by atoms with E-state index in [0.29, 0.717) is 24.0 Å². The lowest BCUT2D eigenvalue weighted by Crippen LogP contribution is -2.11. The summed E-state index contributed by atoms with van der Waals surface area (Å²) in [5.74, 6) is 2.34. The maximum absolute atomic E-state index is 5.87. The van der Waals surface area contributed by atoms with Crippen molar-refractivity contribution in [3.63, 3.8) is 0 Å². The molecule has 1 aliphatic heterocycles. The van der Waals surface area contributed by atoms with Crippen molar-refractivity contribution in [1.29, 1.82) is 0 Å². The van der Waals surface area contributed by atoms with Crippen LogP contribution in [0, 0.1) is 5.92 Å². The van der Waals surface area contributed by atoms with Crippen LogP contribution in [0.15, 0.2) is 24.3 Å². The van der Waals surface area contributed by atoms with Crippen molar-refractivity contribution in [1.82, 2.24) is 0 Å². The highest BCUT2D eigenvalue weighted by molar-refractivity contribution is 5.29. The fourth-order valence-corrected chi connectivity index (χ4v) is 2.83. The van der Waals surface area contributed by atoms with Crippen LogP contribution < -0.4 is 4.74 Å². The molecule has 18 heavy (non-hydrogen) atoms. The van der Waals surface area contributed by atoms with Crippen molar-refractivity contribution < 1.29 is 9.47 Å². The summed E-state index contributed by atoms with van der Waals surface area (Å²) in [4.78, 5) is 0. The second kappa shape index (κ2) is 4.93. The zero-order valence-electron chi connectivity index (χ0n) is 11.3. The topological polar surface area (TPSA) is 21.8 Å². The van der Waals surface area contributed by atoms with Gasteiger partial charge < -0.3 is 9.47 Å². The van der Waals surface area contributed by atoms with Crippen molar-refractivity contribution in [3.05, 3.63) is 29.8 Å². The summed E-state index contributed by atoms with van der Waals surface area (Å²) in [7, 11) is 0. The molecule has 1 saturated heterocycles. The van der Waals surface area contributed by atoms with Gasteiger partial charge in [0.1, 0.15) is 5.75 Å². The number of benzene rings is 1. The van der Waals surface area contributed by atoms with Crippen molar-refractivity contribution in [3.8, 4) is 5.75 Å². The molecule has 2 aliphatic rings. The lowest BCUT2D eigenvalue weighted by molar-refractivity contribution is 0.196. The van der Waals surface area contributed by atoms with Crippen molar-refractivity contribution in [2.24, 2.45) is 5.92 Å². The van der Waals surface area contributed by atoms with Crippen LogP contribution in [0.3, 0.4) is 0 Å². The Balaban J connectivity index is 1.50. The minimum absolute atomic E-state index is 0.561. The van der Waals surface area contributed by atoms with Gasteiger partial charge in [0.05, 0.1) is 18.8 Å². The Bertz CT molecular complexity index is 388. The Labute approximate surface area is 109 Å². The second-order valence-corrected chi connectivity index (χ2v) is 5.74. The normalized spacial score (nSPS) is 30.9. The van der Waals surface area contributed by atoms with E-state index in [9.17, 15) is 0 Å². The fraction of sp³-hybridized carbons (Fsp3) is 0.625. The molecule has 0 radical (unpaired) electrons. The fourth-order valence-electron chi connectivity index (χ4n) is 2.83. The number of fused-ring (bicyclic) bond motifs is 1.